The Morgan fingerprint density at radius 3 is 2.79 bits per heavy atom. The van der Waals surface area contributed by atoms with Crippen LogP contribution in [0.5, 0.6) is 5.75 Å². The van der Waals surface area contributed by atoms with Gasteiger partial charge in [-0.15, -0.1) is 11.3 Å². The van der Waals surface area contributed by atoms with Crippen molar-refractivity contribution in [1.82, 2.24) is 10.3 Å². The van der Waals surface area contributed by atoms with Gasteiger partial charge in [-0.1, -0.05) is 13.0 Å². The van der Waals surface area contributed by atoms with Crippen LogP contribution in [0, 0.1) is 5.82 Å². The maximum atomic E-state index is 12.9. The smallest absolute Gasteiger partial charge is 0.266 e. The topological polar surface area (TPSA) is 77.2 Å². The third kappa shape index (κ3) is 3.60. The summed E-state index contributed by atoms with van der Waals surface area (Å²) in [6.07, 6.45) is -0.314. The van der Waals surface area contributed by atoms with Gasteiger partial charge in [0.2, 0.25) is 5.82 Å². The van der Waals surface area contributed by atoms with Gasteiger partial charge in [-0.25, -0.2) is 9.02 Å². The van der Waals surface area contributed by atoms with Gasteiger partial charge in [0.25, 0.3) is 5.91 Å². The zero-order valence-corrected chi connectivity index (χ0v) is 13.5. The first-order valence-electron chi connectivity index (χ1n) is 7.27. The van der Waals surface area contributed by atoms with Crippen LogP contribution in [-0.4, -0.2) is 22.3 Å². The lowest BCUT2D eigenvalue weighted by Gasteiger charge is -2.16. The number of amides is 1. The first kappa shape index (κ1) is 16.1. The molecule has 0 spiro atoms. The molecule has 1 N–H and O–H groups in total. The first-order chi connectivity index (χ1) is 11.7. The number of carbonyl (C=O) groups excluding carboxylic acids is 1. The molecule has 6 nitrogen and oxygen atoms in total. The van der Waals surface area contributed by atoms with Crippen LogP contribution < -0.4 is 10.1 Å². The van der Waals surface area contributed by atoms with E-state index in [9.17, 15) is 9.18 Å². The summed E-state index contributed by atoms with van der Waals surface area (Å²) in [5, 5.41) is 12.1. The van der Waals surface area contributed by atoms with Gasteiger partial charge in [0, 0.05) is 0 Å². The van der Waals surface area contributed by atoms with Crippen molar-refractivity contribution >= 4 is 23.1 Å². The Kier molecular flexibility index (Phi) is 4.85. The number of anilines is 1. The van der Waals surface area contributed by atoms with Crippen LogP contribution in [-0.2, 0) is 4.79 Å². The molecule has 0 aliphatic rings. The zero-order chi connectivity index (χ0) is 16.9. The van der Waals surface area contributed by atoms with Crippen LogP contribution in [0.25, 0.3) is 10.6 Å². The van der Waals surface area contributed by atoms with E-state index in [1.54, 1.807) is 0 Å². The van der Waals surface area contributed by atoms with E-state index >= 15 is 0 Å². The lowest BCUT2D eigenvalue weighted by Crippen LogP contribution is -2.32. The lowest BCUT2D eigenvalue weighted by molar-refractivity contribution is -0.122. The fourth-order valence-electron chi connectivity index (χ4n) is 2.04. The second-order valence-electron chi connectivity index (χ2n) is 4.90. The standard InChI is InChI=1S/C16H14FN3O3S/c1-2-12(22-11-7-5-10(17)6-8-11)16(21)18-15-14(19-23-20-15)13-4-3-9-24-13/h3-9,12H,2H2,1H3,(H,18,20,21). The van der Waals surface area contributed by atoms with Crippen LogP contribution in [0.4, 0.5) is 10.2 Å². The van der Waals surface area contributed by atoms with E-state index in [2.05, 4.69) is 15.6 Å². The SMILES string of the molecule is CCC(Oc1ccc(F)cc1)C(=O)Nc1nonc1-c1cccs1. The molecule has 0 saturated carbocycles. The summed E-state index contributed by atoms with van der Waals surface area (Å²) in [7, 11) is 0. The van der Waals surface area contributed by atoms with E-state index in [-0.39, 0.29) is 17.5 Å². The average molecular weight is 347 g/mol. The van der Waals surface area contributed by atoms with Crippen LogP contribution in [0.3, 0.4) is 0 Å². The summed E-state index contributed by atoms with van der Waals surface area (Å²) in [5.74, 6) is -0.0943. The lowest BCUT2D eigenvalue weighted by atomic mass is 10.2. The molecule has 0 radical (unpaired) electrons. The van der Waals surface area contributed by atoms with E-state index in [0.717, 1.165) is 4.88 Å². The molecule has 0 bridgehead atoms. The van der Waals surface area contributed by atoms with Crippen molar-refractivity contribution < 1.29 is 18.6 Å². The molecular weight excluding hydrogens is 333 g/mol. The summed E-state index contributed by atoms with van der Waals surface area (Å²) in [4.78, 5) is 13.3. The van der Waals surface area contributed by atoms with Crippen molar-refractivity contribution in [3.05, 3.63) is 47.6 Å². The maximum Gasteiger partial charge on any atom is 0.266 e. The molecule has 3 aromatic rings. The van der Waals surface area contributed by atoms with Crippen molar-refractivity contribution in [2.24, 2.45) is 0 Å². The number of rotatable bonds is 6. The van der Waals surface area contributed by atoms with Gasteiger partial charge in [-0.05, 0) is 52.4 Å². The summed E-state index contributed by atoms with van der Waals surface area (Å²) in [5.41, 5.74) is 0.468. The van der Waals surface area contributed by atoms with Gasteiger partial charge in [-0.2, -0.15) is 0 Å². The largest absolute Gasteiger partial charge is 0.481 e. The van der Waals surface area contributed by atoms with Gasteiger partial charge < -0.3 is 10.1 Å². The van der Waals surface area contributed by atoms with Crippen molar-refractivity contribution in [2.75, 3.05) is 5.32 Å². The molecule has 1 aromatic carbocycles. The Hall–Kier alpha value is -2.74. The Bertz CT molecular complexity index is 802. The molecule has 1 unspecified atom stereocenters. The molecule has 0 saturated heterocycles. The van der Waals surface area contributed by atoms with Gasteiger partial charge >= 0.3 is 0 Å². The summed E-state index contributed by atoms with van der Waals surface area (Å²) < 4.78 is 23.3. The van der Waals surface area contributed by atoms with Crippen molar-refractivity contribution in [3.8, 4) is 16.3 Å². The molecule has 24 heavy (non-hydrogen) atoms. The molecule has 8 heteroatoms. The highest BCUT2D eigenvalue weighted by molar-refractivity contribution is 7.13. The number of halogens is 1. The molecule has 1 atom stereocenters. The fourth-order valence-corrected chi connectivity index (χ4v) is 2.75. The summed E-state index contributed by atoms with van der Waals surface area (Å²) in [6.45, 7) is 1.81. The molecule has 1 amide bonds. The van der Waals surface area contributed by atoms with Crippen LogP contribution >= 0.6 is 11.3 Å². The molecule has 0 aliphatic heterocycles. The van der Waals surface area contributed by atoms with Crippen molar-refractivity contribution in [1.29, 1.82) is 0 Å². The predicted octanol–water partition coefficient (Wildman–Crippen LogP) is 3.73. The minimum absolute atomic E-state index is 0.239. The molecule has 2 aromatic heterocycles. The molecule has 0 fully saturated rings. The molecular formula is C16H14FN3O3S. The highest BCUT2D eigenvalue weighted by Crippen LogP contribution is 2.28. The van der Waals surface area contributed by atoms with Crippen molar-refractivity contribution in [2.45, 2.75) is 19.4 Å². The van der Waals surface area contributed by atoms with Crippen LogP contribution in [0.2, 0.25) is 0 Å². The third-order valence-corrected chi connectivity index (χ3v) is 4.12. The van der Waals surface area contributed by atoms with Crippen LogP contribution in [0.1, 0.15) is 13.3 Å². The number of thiophene rings is 1. The monoisotopic (exact) mass is 347 g/mol. The Morgan fingerprint density at radius 2 is 2.12 bits per heavy atom. The number of aromatic nitrogens is 2. The number of hydrogen-bond acceptors (Lipinski definition) is 6. The number of carbonyl (C=O) groups is 1. The minimum Gasteiger partial charge on any atom is -0.481 e. The Labute approximate surface area is 141 Å². The quantitative estimate of drug-likeness (QED) is 0.735. The number of nitrogens with one attached hydrogen (secondary N) is 1. The third-order valence-electron chi connectivity index (χ3n) is 3.24. The molecule has 124 valence electrons. The molecule has 2 heterocycles. The summed E-state index contributed by atoms with van der Waals surface area (Å²) >= 11 is 1.46. The average Bonchev–Trinajstić information content (AvgIpc) is 3.25. The van der Waals surface area contributed by atoms with Crippen LogP contribution in [0.15, 0.2) is 46.4 Å². The normalized spacial score (nSPS) is 11.9. The number of hydrogen-bond donors (Lipinski definition) is 1. The fraction of sp³-hybridized carbons (Fsp3) is 0.188. The maximum absolute atomic E-state index is 12.9. The Balaban J connectivity index is 1.71. The number of nitrogens with zero attached hydrogens (tertiary/aromatic N) is 2. The van der Waals surface area contributed by atoms with Gasteiger partial charge in [0.1, 0.15) is 11.6 Å². The molecule has 3 rings (SSSR count). The second-order valence-corrected chi connectivity index (χ2v) is 5.84. The van der Waals surface area contributed by atoms with E-state index in [1.165, 1.54) is 35.6 Å². The van der Waals surface area contributed by atoms with Gasteiger partial charge in [-0.3, -0.25) is 4.79 Å². The van der Waals surface area contributed by atoms with Gasteiger partial charge in [0.15, 0.2) is 11.8 Å². The van der Waals surface area contributed by atoms with E-state index in [1.807, 2.05) is 24.4 Å². The van der Waals surface area contributed by atoms with E-state index < -0.39 is 6.10 Å². The first-order valence-corrected chi connectivity index (χ1v) is 8.15. The number of benzene rings is 1. The number of ether oxygens (including phenoxy) is 1. The highest BCUT2D eigenvalue weighted by atomic mass is 32.1. The van der Waals surface area contributed by atoms with E-state index in [4.69, 9.17) is 9.37 Å². The second kappa shape index (κ2) is 7.22. The zero-order valence-electron chi connectivity index (χ0n) is 12.7. The predicted molar refractivity (Wildman–Crippen MR) is 87.3 cm³/mol. The molecule has 0 aliphatic carbocycles. The summed E-state index contributed by atoms with van der Waals surface area (Å²) in [6, 6.07) is 9.21. The van der Waals surface area contributed by atoms with Gasteiger partial charge in [0.05, 0.1) is 4.88 Å². The highest BCUT2D eigenvalue weighted by Gasteiger charge is 2.22. The van der Waals surface area contributed by atoms with Crippen molar-refractivity contribution in [3.63, 3.8) is 0 Å². The minimum atomic E-state index is -0.747. The van der Waals surface area contributed by atoms with E-state index in [0.29, 0.717) is 17.9 Å². The Morgan fingerprint density at radius 1 is 1.33 bits per heavy atom.